The summed E-state index contributed by atoms with van der Waals surface area (Å²) in [7, 11) is 1.90. The average Bonchev–Trinajstić information content (AvgIpc) is 3.49. The molecule has 6 rings (SSSR count). The summed E-state index contributed by atoms with van der Waals surface area (Å²) >= 11 is 0. The number of hydrogen-bond acceptors (Lipinski definition) is 6. The van der Waals surface area contributed by atoms with Crippen LogP contribution in [-0.4, -0.2) is 42.5 Å². The molecule has 4 aromatic heterocycles. The molecule has 3 atom stereocenters. The van der Waals surface area contributed by atoms with Crippen molar-refractivity contribution in [2.75, 3.05) is 4.90 Å². The van der Waals surface area contributed by atoms with Crippen LogP contribution in [0.5, 0.6) is 0 Å². The molecule has 8 nitrogen and oxygen atoms in total. The van der Waals surface area contributed by atoms with Gasteiger partial charge in [0.1, 0.15) is 11.9 Å². The lowest BCUT2D eigenvalue weighted by molar-refractivity contribution is 0.412. The molecule has 0 aliphatic carbocycles. The van der Waals surface area contributed by atoms with Gasteiger partial charge in [0.2, 0.25) is 0 Å². The summed E-state index contributed by atoms with van der Waals surface area (Å²) in [6.07, 6.45) is 13.7. The monoisotopic (exact) mass is 496 g/mol. The summed E-state index contributed by atoms with van der Waals surface area (Å²) in [4.78, 5) is 7.32. The van der Waals surface area contributed by atoms with E-state index in [9.17, 15) is 5.26 Å². The zero-order chi connectivity index (χ0) is 21.8. The van der Waals surface area contributed by atoms with E-state index >= 15 is 0 Å². The minimum atomic E-state index is 0. The average molecular weight is 497 g/mol. The summed E-state index contributed by atoms with van der Waals surface area (Å²) in [6.45, 7) is 0. The molecule has 2 aliphatic rings. The first-order valence-corrected chi connectivity index (χ1v) is 11.0. The van der Waals surface area contributed by atoms with Gasteiger partial charge in [0.25, 0.3) is 0 Å². The minimum absolute atomic E-state index is 0. The fraction of sp³-hybridized carbons (Fsp3) is 0.333. The topological polar surface area (TPSA) is 101 Å². The number of halogens is 2. The molecule has 0 saturated carbocycles. The Hall–Kier alpha value is -3.12. The van der Waals surface area contributed by atoms with Crippen LogP contribution >= 0.6 is 24.8 Å². The number of anilines is 1. The molecule has 2 saturated heterocycles. The molecule has 0 aromatic carbocycles. The molecular weight excluding hydrogens is 471 g/mol. The van der Waals surface area contributed by atoms with Crippen LogP contribution in [0.1, 0.15) is 31.2 Å². The van der Waals surface area contributed by atoms with Gasteiger partial charge in [-0.1, -0.05) is 0 Å². The van der Waals surface area contributed by atoms with E-state index in [0.717, 1.165) is 46.4 Å². The highest BCUT2D eigenvalue weighted by Gasteiger charge is 2.40. The van der Waals surface area contributed by atoms with Crippen molar-refractivity contribution >= 4 is 36.1 Å². The van der Waals surface area contributed by atoms with E-state index < -0.39 is 0 Å². The number of pyridine rings is 2. The lowest BCUT2D eigenvalue weighted by atomic mass is 9.98. The number of hydrogen-bond donors (Lipinski definition) is 1. The molecular formula is C24H26Cl2N8. The van der Waals surface area contributed by atoms with E-state index in [4.69, 9.17) is 10.7 Å². The first-order chi connectivity index (χ1) is 15.6. The summed E-state index contributed by atoms with van der Waals surface area (Å²) < 4.78 is 3.55. The molecule has 0 unspecified atom stereocenters. The zero-order valence-electron chi connectivity index (χ0n) is 18.7. The normalized spacial score (nSPS) is 21.1. The highest BCUT2D eigenvalue weighted by atomic mass is 35.5. The predicted molar refractivity (Wildman–Crippen MR) is 136 cm³/mol. The second-order valence-electron chi connectivity index (χ2n) is 8.94. The number of aryl methyl sites for hydroxylation is 1. The van der Waals surface area contributed by atoms with E-state index in [1.54, 1.807) is 15.4 Å². The number of nitriles is 1. The van der Waals surface area contributed by atoms with E-state index in [0.29, 0.717) is 23.7 Å². The molecule has 2 aliphatic heterocycles. The lowest BCUT2D eigenvalue weighted by Crippen LogP contribution is -2.47. The molecule has 2 bridgehead atoms. The van der Waals surface area contributed by atoms with Crippen LogP contribution in [-0.2, 0) is 7.05 Å². The zero-order valence-corrected chi connectivity index (χ0v) is 20.3. The van der Waals surface area contributed by atoms with Crippen molar-refractivity contribution in [3.63, 3.8) is 0 Å². The van der Waals surface area contributed by atoms with Crippen LogP contribution in [0.3, 0.4) is 0 Å². The molecule has 34 heavy (non-hydrogen) atoms. The van der Waals surface area contributed by atoms with Crippen LogP contribution in [0.25, 0.3) is 27.8 Å². The standard InChI is InChI=1S/C24H24N8.2ClH/c1-30-13-18(12-28-30)16-6-22(24-17(9-25)11-29-31(24)14-16)15-2-5-23(27-10-15)32-20-3-4-21(32)8-19(26)7-20;;/h2,5-6,10-14,19-21H,3-4,7-8,26H2,1H3;2*1H/t19-,20-,21+;;. The molecule has 2 fully saturated rings. The van der Waals surface area contributed by atoms with Crippen molar-refractivity contribution in [1.82, 2.24) is 24.4 Å². The lowest BCUT2D eigenvalue weighted by Gasteiger charge is -2.38. The highest BCUT2D eigenvalue weighted by Crippen LogP contribution is 2.39. The fourth-order valence-electron chi connectivity index (χ4n) is 5.44. The maximum Gasteiger partial charge on any atom is 0.129 e. The number of rotatable bonds is 3. The van der Waals surface area contributed by atoms with Crippen LogP contribution in [0.4, 0.5) is 5.82 Å². The van der Waals surface area contributed by atoms with Gasteiger partial charge in [0.05, 0.1) is 23.5 Å². The molecule has 6 heterocycles. The maximum atomic E-state index is 9.64. The van der Waals surface area contributed by atoms with E-state index in [1.807, 2.05) is 31.8 Å². The summed E-state index contributed by atoms with van der Waals surface area (Å²) in [6, 6.07) is 9.85. The SMILES string of the molecule is Cl.Cl.Cn1cc(-c2cc(-c3ccc(N4[C@@H]5CC[C@H]4C[C@H](N)C5)nc3)c3c(C#N)cnn3c2)cn1. The van der Waals surface area contributed by atoms with Gasteiger partial charge >= 0.3 is 0 Å². The second-order valence-corrected chi connectivity index (χ2v) is 8.94. The van der Waals surface area contributed by atoms with Gasteiger partial charge in [-0.15, -0.1) is 24.8 Å². The molecule has 10 heteroatoms. The Kier molecular flexibility index (Phi) is 6.54. The largest absolute Gasteiger partial charge is 0.351 e. The van der Waals surface area contributed by atoms with Gasteiger partial charge in [0, 0.05) is 66.0 Å². The maximum absolute atomic E-state index is 9.64. The first kappa shape index (κ1) is 24.0. The number of nitrogens with zero attached hydrogens (tertiary/aromatic N) is 7. The number of fused-ring (bicyclic) bond motifs is 3. The third-order valence-corrected chi connectivity index (χ3v) is 6.86. The predicted octanol–water partition coefficient (Wildman–Crippen LogP) is 3.97. The third kappa shape index (κ3) is 3.90. The Labute approximate surface area is 210 Å². The fourth-order valence-corrected chi connectivity index (χ4v) is 5.44. The molecule has 0 radical (unpaired) electrons. The summed E-state index contributed by atoms with van der Waals surface area (Å²) in [5, 5.41) is 18.4. The Morgan fingerprint density at radius 1 is 0.971 bits per heavy atom. The van der Waals surface area contributed by atoms with Crippen LogP contribution in [0.15, 0.2) is 49.2 Å². The molecule has 4 aromatic rings. The molecule has 0 amide bonds. The van der Waals surface area contributed by atoms with Crippen molar-refractivity contribution in [3.8, 4) is 28.3 Å². The highest BCUT2D eigenvalue weighted by molar-refractivity contribution is 5.87. The van der Waals surface area contributed by atoms with E-state index in [2.05, 4.69) is 39.4 Å². The Balaban J connectivity index is 0.00000137. The van der Waals surface area contributed by atoms with Gasteiger partial charge in [-0.3, -0.25) is 4.68 Å². The van der Waals surface area contributed by atoms with Gasteiger partial charge in [-0.2, -0.15) is 15.5 Å². The smallest absolute Gasteiger partial charge is 0.129 e. The van der Waals surface area contributed by atoms with Gasteiger partial charge in [-0.25, -0.2) is 9.50 Å². The van der Waals surface area contributed by atoms with E-state index in [-0.39, 0.29) is 24.8 Å². The van der Waals surface area contributed by atoms with Crippen molar-refractivity contribution in [2.24, 2.45) is 12.8 Å². The van der Waals surface area contributed by atoms with Crippen molar-refractivity contribution in [2.45, 2.75) is 43.8 Å². The molecule has 0 spiro atoms. The third-order valence-electron chi connectivity index (χ3n) is 6.86. The van der Waals surface area contributed by atoms with Crippen molar-refractivity contribution in [1.29, 1.82) is 5.26 Å². The second kappa shape index (κ2) is 9.26. The Bertz CT molecular complexity index is 1340. The number of piperidine rings is 1. The Morgan fingerprint density at radius 3 is 2.35 bits per heavy atom. The van der Waals surface area contributed by atoms with Crippen LogP contribution < -0.4 is 10.6 Å². The first-order valence-electron chi connectivity index (χ1n) is 11.0. The number of nitrogens with two attached hydrogens (primary N) is 1. The molecule has 176 valence electrons. The quantitative estimate of drug-likeness (QED) is 0.460. The van der Waals surface area contributed by atoms with Crippen LogP contribution in [0, 0.1) is 11.3 Å². The summed E-state index contributed by atoms with van der Waals surface area (Å²) in [5.74, 6) is 1.02. The van der Waals surface area contributed by atoms with Gasteiger partial charge in [0.15, 0.2) is 0 Å². The van der Waals surface area contributed by atoms with E-state index in [1.165, 1.54) is 12.8 Å². The van der Waals surface area contributed by atoms with Gasteiger partial charge in [-0.05, 0) is 43.9 Å². The van der Waals surface area contributed by atoms with Crippen LogP contribution in [0.2, 0.25) is 0 Å². The van der Waals surface area contributed by atoms with Crippen molar-refractivity contribution in [3.05, 3.63) is 54.7 Å². The van der Waals surface area contributed by atoms with Gasteiger partial charge < -0.3 is 10.6 Å². The molecule has 2 N–H and O–H groups in total. The Morgan fingerprint density at radius 2 is 1.74 bits per heavy atom. The number of aromatic nitrogens is 5. The van der Waals surface area contributed by atoms with Crippen molar-refractivity contribution < 1.29 is 0 Å². The summed E-state index contributed by atoms with van der Waals surface area (Å²) in [5.41, 5.74) is 11.5. The minimum Gasteiger partial charge on any atom is -0.351 e.